The van der Waals surface area contributed by atoms with Crippen molar-refractivity contribution in [2.75, 3.05) is 57.0 Å². The van der Waals surface area contributed by atoms with Crippen LogP contribution in [0.5, 0.6) is 0 Å². The third-order valence-corrected chi connectivity index (χ3v) is 10.7. The Morgan fingerprint density at radius 1 is 1.02 bits per heavy atom. The number of carbonyl (C=O) groups is 2. The fourth-order valence-corrected chi connectivity index (χ4v) is 7.59. The van der Waals surface area contributed by atoms with E-state index in [2.05, 4.69) is 37.2 Å². The molecule has 12 nitrogen and oxygen atoms in total. The number of alkyl halides is 2. The molecule has 1 aliphatic heterocycles. The van der Waals surface area contributed by atoms with Crippen molar-refractivity contribution >= 4 is 23.5 Å². The number of hydrogen-bond donors (Lipinski definition) is 1. The van der Waals surface area contributed by atoms with Gasteiger partial charge in [-0.1, -0.05) is 0 Å². The van der Waals surface area contributed by atoms with Gasteiger partial charge in [0.15, 0.2) is 11.4 Å². The van der Waals surface area contributed by atoms with Crippen molar-refractivity contribution in [3.05, 3.63) is 42.2 Å². The number of likely N-dealkylation sites (tertiary alicyclic amines) is 1. The number of nitrogens with zero attached hydrogens (tertiary/aromatic N) is 7. The highest BCUT2D eigenvalue weighted by Crippen LogP contribution is 2.36. The number of ether oxygens (including phenoxy) is 1. The zero-order valence-electron chi connectivity index (χ0n) is 31.9. The summed E-state index contributed by atoms with van der Waals surface area (Å²) in [7, 11) is 4.17. The highest BCUT2D eigenvalue weighted by molar-refractivity contribution is 6.03. The molecular formula is C39H56F2N8O4. The zero-order valence-corrected chi connectivity index (χ0v) is 31.9. The molecule has 0 atom stereocenters. The van der Waals surface area contributed by atoms with E-state index in [1.54, 1.807) is 16.9 Å². The number of nitrogens with one attached hydrogen (secondary N) is 1. The van der Waals surface area contributed by atoms with Crippen LogP contribution in [-0.4, -0.2) is 94.0 Å². The largest absolute Gasteiger partial charge is 0.444 e. The van der Waals surface area contributed by atoms with Crippen LogP contribution in [-0.2, 0) is 4.74 Å². The Morgan fingerprint density at radius 3 is 2.40 bits per heavy atom. The van der Waals surface area contributed by atoms with Crippen LogP contribution in [0.1, 0.15) is 114 Å². The van der Waals surface area contributed by atoms with Gasteiger partial charge >= 0.3 is 6.09 Å². The van der Waals surface area contributed by atoms with Crippen LogP contribution in [0, 0.1) is 17.8 Å². The highest BCUT2D eigenvalue weighted by atomic mass is 19.3. The van der Waals surface area contributed by atoms with E-state index in [-0.39, 0.29) is 29.4 Å². The number of rotatable bonds is 14. The van der Waals surface area contributed by atoms with E-state index >= 15 is 0 Å². The first-order valence-electron chi connectivity index (χ1n) is 19.3. The van der Waals surface area contributed by atoms with Crippen molar-refractivity contribution in [2.45, 2.75) is 103 Å². The summed E-state index contributed by atoms with van der Waals surface area (Å²) in [6.07, 6.45) is 11.8. The fraction of sp³-hybridized carbons (Fsp3) is 0.667. The first-order valence-corrected chi connectivity index (χ1v) is 19.3. The summed E-state index contributed by atoms with van der Waals surface area (Å²) in [5.74, 6) is 2.27. The van der Waals surface area contributed by atoms with Crippen LogP contribution >= 0.6 is 0 Å². The average molecular weight is 739 g/mol. The maximum atomic E-state index is 14.1. The summed E-state index contributed by atoms with van der Waals surface area (Å²) in [5, 5.41) is 6.85. The molecule has 14 heteroatoms. The molecule has 6 rings (SSSR count). The molecule has 0 spiro atoms. The van der Waals surface area contributed by atoms with Crippen molar-refractivity contribution in [1.82, 2.24) is 29.5 Å². The number of pyridine rings is 1. The first-order chi connectivity index (χ1) is 25.3. The Morgan fingerprint density at radius 2 is 1.72 bits per heavy atom. The van der Waals surface area contributed by atoms with Gasteiger partial charge in [-0.2, -0.15) is 5.10 Å². The van der Waals surface area contributed by atoms with Gasteiger partial charge in [0, 0.05) is 51.2 Å². The molecule has 1 saturated heterocycles. The number of piperidine rings is 1. The molecule has 0 aromatic carbocycles. The lowest BCUT2D eigenvalue weighted by Crippen LogP contribution is -2.41. The lowest BCUT2D eigenvalue weighted by atomic mass is 9.85. The molecule has 1 N–H and O–H groups in total. The van der Waals surface area contributed by atoms with E-state index in [0.717, 1.165) is 89.9 Å². The number of amides is 2. The van der Waals surface area contributed by atoms with Crippen molar-refractivity contribution in [3.8, 4) is 11.5 Å². The second-order valence-corrected chi connectivity index (χ2v) is 16.4. The van der Waals surface area contributed by atoms with E-state index < -0.39 is 23.6 Å². The molecule has 2 aliphatic carbocycles. The number of carbonyl (C=O) groups excluding carboxylic acids is 2. The summed E-state index contributed by atoms with van der Waals surface area (Å²) in [6.45, 7) is 10.2. The summed E-state index contributed by atoms with van der Waals surface area (Å²) < 4.78 is 41.0. The zero-order chi connectivity index (χ0) is 37.7. The Bertz CT molecular complexity index is 1670. The third-order valence-electron chi connectivity index (χ3n) is 10.7. The molecule has 3 aliphatic rings. The van der Waals surface area contributed by atoms with Gasteiger partial charge in [0.1, 0.15) is 17.7 Å². The molecule has 0 bridgehead atoms. The standard InChI is InChI=1S/C39H56F2N8O4/c1-39(2,3)53-38(51)48-19-15-26(16-20-48)7-6-18-46(4)22-27-10-12-30(13-11-27)49-24-31(34(45-49)35(40)41)43-36(50)32-25-52-37(44-32)29-14-17-42-33(21-29)47(5)23-28-8-9-28/h14,17,21,24-28,30,35H,6-13,15-16,18-20,22-23H2,1-5H3,(H,43,50). The minimum absolute atomic E-state index is 0.00845. The number of anilines is 2. The van der Waals surface area contributed by atoms with Crippen LogP contribution in [0.25, 0.3) is 11.5 Å². The molecular weight excluding hydrogens is 682 g/mol. The monoisotopic (exact) mass is 738 g/mol. The van der Waals surface area contributed by atoms with E-state index in [1.807, 2.05) is 38.8 Å². The smallest absolute Gasteiger partial charge is 0.410 e. The molecule has 3 aromatic heterocycles. The topological polar surface area (TPSA) is 122 Å². The minimum atomic E-state index is -2.84. The second-order valence-electron chi connectivity index (χ2n) is 16.4. The Labute approximate surface area is 311 Å². The molecule has 2 amide bonds. The first kappa shape index (κ1) is 38.6. The van der Waals surface area contributed by atoms with Gasteiger partial charge < -0.3 is 29.2 Å². The maximum absolute atomic E-state index is 14.1. The Balaban J connectivity index is 0.942. The van der Waals surface area contributed by atoms with Crippen LogP contribution < -0.4 is 10.2 Å². The van der Waals surface area contributed by atoms with Crippen LogP contribution in [0.4, 0.5) is 25.1 Å². The summed E-state index contributed by atoms with van der Waals surface area (Å²) >= 11 is 0. The summed E-state index contributed by atoms with van der Waals surface area (Å²) in [6, 6.07) is 3.61. The van der Waals surface area contributed by atoms with E-state index in [1.165, 1.54) is 25.3 Å². The van der Waals surface area contributed by atoms with Crippen molar-refractivity contribution in [1.29, 1.82) is 0 Å². The maximum Gasteiger partial charge on any atom is 0.410 e. The summed E-state index contributed by atoms with van der Waals surface area (Å²) in [4.78, 5) is 40.7. The van der Waals surface area contributed by atoms with Gasteiger partial charge in [0.25, 0.3) is 12.3 Å². The molecule has 290 valence electrons. The molecule has 3 fully saturated rings. The SMILES string of the molecule is CN(CCCC1CCN(C(=O)OC(C)(C)C)CC1)CC1CCC(n2cc(NC(=O)c3coc(-c4ccnc(N(C)CC5CC5)c4)n3)c(C(F)F)n2)CC1. The third kappa shape index (κ3) is 10.8. The minimum Gasteiger partial charge on any atom is -0.444 e. The van der Waals surface area contributed by atoms with E-state index in [4.69, 9.17) is 9.15 Å². The predicted molar refractivity (Wildman–Crippen MR) is 199 cm³/mol. The lowest BCUT2D eigenvalue weighted by Gasteiger charge is -2.34. The second kappa shape index (κ2) is 16.9. The van der Waals surface area contributed by atoms with Gasteiger partial charge in [-0.25, -0.2) is 23.5 Å². The van der Waals surface area contributed by atoms with Gasteiger partial charge in [0.05, 0.1) is 11.7 Å². The van der Waals surface area contributed by atoms with Gasteiger partial charge in [-0.05, 0) is 128 Å². The number of halogens is 2. The quantitative estimate of drug-likeness (QED) is 0.175. The Kier molecular flexibility index (Phi) is 12.4. The van der Waals surface area contributed by atoms with Crippen molar-refractivity contribution in [2.24, 2.45) is 17.8 Å². The van der Waals surface area contributed by atoms with Crippen LogP contribution in [0.2, 0.25) is 0 Å². The average Bonchev–Trinajstić information content (AvgIpc) is 3.61. The Hall–Kier alpha value is -4.07. The van der Waals surface area contributed by atoms with Gasteiger partial charge in [0.2, 0.25) is 5.89 Å². The number of hydrogen-bond acceptors (Lipinski definition) is 9. The number of oxazole rings is 1. The fourth-order valence-electron chi connectivity index (χ4n) is 7.59. The summed E-state index contributed by atoms with van der Waals surface area (Å²) in [5.41, 5.74) is -0.266. The molecule has 0 radical (unpaired) electrons. The van der Waals surface area contributed by atoms with E-state index in [9.17, 15) is 18.4 Å². The highest BCUT2D eigenvalue weighted by Gasteiger charge is 2.30. The van der Waals surface area contributed by atoms with Crippen LogP contribution in [0.15, 0.2) is 35.2 Å². The van der Waals surface area contributed by atoms with E-state index in [0.29, 0.717) is 23.3 Å². The normalized spacial score (nSPS) is 19.9. The number of aromatic nitrogens is 4. The van der Waals surface area contributed by atoms with Crippen molar-refractivity contribution < 1.29 is 27.5 Å². The molecule has 0 unspecified atom stereocenters. The molecule has 53 heavy (non-hydrogen) atoms. The molecule has 2 saturated carbocycles. The van der Waals surface area contributed by atoms with Gasteiger partial charge in [-0.15, -0.1) is 0 Å². The lowest BCUT2D eigenvalue weighted by molar-refractivity contribution is 0.0179. The predicted octanol–water partition coefficient (Wildman–Crippen LogP) is 8.06. The molecule has 3 aromatic rings. The van der Waals surface area contributed by atoms with Crippen molar-refractivity contribution in [3.63, 3.8) is 0 Å². The van der Waals surface area contributed by atoms with Gasteiger partial charge in [-0.3, -0.25) is 9.48 Å². The molecule has 4 heterocycles. The van der Waals surface area contributed by atoms with Crippen LogP contribution in [0.3, 0.4) is 0 Å².